The highest BCUT2D eigenvalue weighted by molar-refractivity contribution is 7.99. The number of nitrogens with one attached hydrogen (secondary N) is 1. The van der Waals surface area contributed by atoms with Crippen LogP contribution < -0.4 is 26.5 Å². The number of benzene rings is 1. The molecular weight excluding hydrogens is 346 g/mol. The van der Waals surface area contributed by atoms with Crippen molar-refractivity contribution >= 4 is 23.5 Å². The van der Waals surface area contributed by atoms with E-state index in [-0.39, 0.29) is 16.9 Å². The largest absolute Gasteiger partial charge is 0.497 e. The van der Waals surface area contributed by atoms with Crippen molar-refractivity contribution in [3.63, 3.8) is 0 Å². The molecule has 0 saturated carbocycles. The van der Waals surface area contributed by atoms with Crippen LogP contribution in [0.3, 0.4) is 0 Å². The van der Waals surface area contributed by atoms with Crippen molar-refractivity contribution in [1.82, 2.24) is 5.43 Å². The Morgan fingerprint density at radius 2 is 2.00 bits per heavy atom. The lowest BCUT2D eigenvalue weighted by Crippen LogP contribution is -2.42. The number of ether oxygens (including phenoxy) is 2. The van der Waals surface area contributed by atoms with Gasteiger partial charge in [-0.15, -0.1) is 0 Å². The van der Waals surface area contributed by atoms with Crippen molar-refractivity contribution in [2.75, 3.05) is 25.7 Å². The number of methoxy groups -OCH3 is 2. The second-order valence-electron chi connectivity index (χ2n) is 5.18. The van der Waals surface area contributed by atoms with Gasteiger partial charge in [0.1, 0.15) is 17.6 Å². The van der Waals surface area contributed by atoms with E-state index in [1.165, 1.54) is 26.4 Å². The van der Waals surface area contributed by atoms with Gasteiger partial charge in [0.25, 0.3) is 5.91 Å². The lowest BCUT2D eigenvalue weighted by Gasteiger charge is -2.20. The Labute approximate surface area is 151 Å². The van der Waals surface area contributed by atoms with E-state index in [4.69, 9.17) is 21.1 Å². The zero-order valence-electron chi connectivity index (χ0n) is 14.6. The summed E-state index contributed by atoms with van der Waals surface area (Å²) in [5, 5.41) is 10.3. The van der Waals surface area contributed by atoms with Crippen LogP contribution >= 0.6 is 11.8 Å². The Balaban J connectivity index is 3.24. The van der Waals surface area contributed by atoms with Gasteiger partial charge in [-0.05, 0) is 24.0 Å². The van der Waals surface area contributed by atoms with E-state index in [0.29, 0.717) is 12.2 Å². The van der Waals surface area contributed by atoms with Gasteiger partial charge in [0.15, 0.2) is 5.78 Å². The number of rotatable bonds is 10. The molecule has 0 fully saturated rings. The van der Waals surface area contributed by atoms with Crippen LogP contribution in [0.5, 0.6) is 11.5 Å². The molecule has 0 saturated heterocycles. The van der Waals surface area contributed by atoms with Crippen LogP contribution in [0.25, 0.3) is 0 Å². The molecule has 8 nitrogen and oxygen atoms in total. The normalized spacial score (nSPS) is 13.0. The standard InChI is InChI=1S/C16H25N3O5S/c1-4-25-6-5-11(17)14(20)15(21)13-10(16(22)19-18)7-9(23-2)8-12(13)24-3/h7-8,11,14,20H,4-6,17-18H2,1-3H3,(H,19,22)/t11-,14?/m1/s1. The lowest BCUT2D eigenvalue weighted by molar-refractivity contribution is 0.0684. The fraction of sp³-hybridized carbons (Fsp3) is 0.500. The first kappa shape index (κ1) is 21.2. The van der Waals surface area contributed by atoms with Crippen LogP contribution in [-0.4, -0.2) is 54.7 Å². The minimum absolute atomic E-state index is 0.0575. The van der Waals surface area contributed by atoms with Gasteiger partial charge in [-0.2, -0.15) is 11.8 Å². The van der Waals surface area contributed by atoms with Crippen LogP contribution in [0.15, 0.2) is 12.1 Å². The Morgan fingerprint density at radius 1 is 1.32 bits per heavy atom. The smallest absolute Gasteiger partial charge is 0.266 e. The van der Waals surface area contributed by atoms with Gasteiger partial charge in [0.2, 0.25) is 0 Å². The first-order chi connectivity index (χ1) is 11.9. The van der Waals surface area contributed by atoms with Gasteiger partial charge in [0, 0.05) is 12.1 Å². The van der Waals surface area contributed by atoms with Crippen molar-refractivity contribution in [3.8, 4) is 11.5 Å². The zero-order chi connectivity index (χ0) is 19.0. The van der Waals surface area contributed by atoms with Gasteiger partial charge in [-0.3, -0.25) is 15.0 Å². The highest BCUT2D eigenvalue weighted by Crippen LogP contribution is 2.30. The second-order valence-corrected chi connectivity index (χ2v) is 6.58. The number of hydrogen-bond donors (Lipinski definition) is 4. The number of nitrogen functional groups attached to an aromatic ring is 1. The van der Waals surface area contributed by atoms with E-state index >= 15 is 0 Å². The molecule has 1 aromatic carbocycles. The quantitative estimate of drug-likeness (QED) is 0.152. The van der Waals surface area contributed by atoms with Crippen molar-refractivity contribution in [3.05, 3.63) is 23.3 Å². The Morgan fingerprint density at radius 3 is 2.52 bits per heavy atom. The van der Waals surface area contributed by atoms with Crippen LogP contribution in [0.4, 0.5) is 0 Å². The Bertz CT molecular complexity index is 612. The number of aliphatic hydroxyl groups is 1. The molecule has 0 spiro atoms. The van der Waals surface area contributed by atoms with E-state index in [1.54, 1.807) is 11.8 Å². The van der Waals surface area contributed by atoms with Gasteiger partial charge < -0.3 is 20.3 Å². The maximum Gasteiger partial charge on any atom is 0.266 e. The molecule has 0 aromatic heterocycles. The Kier molecular flexibility index (Phi) is 8.70. The molecule has 0 aliphatic heterocycles. The van der Waals surface area contributed by atoms with Gasteiger partial charge in [0.05, 0.1) is 25.3 Å². The molecular formula is C16H25N3O5S. The van der Waals surface area contributed by atoms with Gasteiger partial charge in [-0.1, -0.05) is 6.92 Å². The van der Waals surface area contributed by atoms with E-state index in [2.05, 4.69) is 0 Å². The second kappa shape index (κ2) is 10.2. The highest BCUT2D eigenvalue weighted by Gasteiger charge is 2.31. The average molecular weight is 371 g/mol. The third-order valence-electron chi connectivity index (χ3n) is 3.63. The third kappa shape index (κ3) is 5.33. The predicted octanol–water partition coefficient (Wildman–Crippen LogP) is 0.321. The molecule has 1 unspecified atom stereocenters. The fourth-order valence-corrected chi connectivity index (χ4v) is 2.97. The summed E-state index contributed by atoms with van der Waals surface area (Å²) in [4.78, 5) is 24.8. The summed E-state index contributed by atoms with van der Waals surface area (Å²) in [6.07, 6.45) is -1.01. The molecule has 25 heavy (non-hydrogen) atoms. The molecule has 0 radical (unpaired) electrons. The first-order valence-electron chi connectivity index (χ1n) is 7.73. The summed E-state index contributed by atoms with van der Waals surface area (Å²) in [6.45, 7) is 2.01. The van der Waals surface area contributed by atoms with Crippen molar-refractivity contribution < 1.29 is 24.2 Å². The predicted molar refractivity (Wildman–Crippen MR) is 97.1 cm³/mol. The zero-order valence-corrected chi connectivity index (χ0v) is 15.4. The molecule has 0 aliphatic carbocycles. The van der Waals surface area contributed by atoms with E-state index in [0.717, 1.165) is 11.5 Å². The van der Waals surface area contributed by atoms with Crippen LogP contribution in [0.2, 0.25) is 0 Å². The number of carbonyl (C=O) groups is 2. The third-order valence-corrected chi connectivity index (χ3v) is 4.56. The molecule has 9 heteroatoms. The number of nitrogens with two attached hydrogens (primary N) is 2. The maximum atomic E-state index is 12.8. The number of hydrazine groups is 1. The highest BCUT2D eigenvalue weighted by atomic mass is 32.2. The first-order valence-corrected chi connectivity index (χ1v) is 8.89. The minimum Gasteiger partial charge on any atom is -0.497 e. The molecule has 1 rings (SSSR count). The molecule has 0 aliphatic rings. The van der Waals surface area contributed by atoms with E-state index in [1.807, 2.05) is 12.3 Å². The topological polar surface area (TPSA) is 137 Å². The number of aliphatic hydroxyl groups excluding tert-OH is 1. The van der Waals surface area contributed by atoms with Gasteiger partial charge >= 0.3 is 0 Å². The summed E-state index contributed by atoms with van der Waals surface area (Å²) in [5.74, 6) is 5.83. The molecule has 2 atom stereocenters. The van der Waals surface area contributed by atoms with Crippen LogP contribution in [0, 0.1) is 0 Å². The average Bonchev–Trinajstić information content (AvgIpc) is 2.64. The van der Waals surface area contributed by atoms with E-state index < -0.39 is 23.8 Å². The molecule has 6 N–H and O–H groups in total. The van der Waals surface area contributed by atoms with E-state index in [9.17, 15) is 14.7 Å². The summed E-state index contributed by atoms with van der Waals surface area (Å²) in [7, 11) is 2.76. The maximum absolute atomic E-state index is 12.8. The van der Waals surface area contributed by atoms with Crippen LogP contribution in [0.1, 0.15) is 34.1 Å². The fourth-order valence-electron chi connectivity index (χ4n) is 2.24. The van der Waals surface area contributed by atoms with Crippen molar-refractivity contribution in [2.45, 2.75) is 25.5 Å². The SMILES string of the molecule is CCSCC[C@@H](N)C(O)C(=O)c1c(OC)cc(OC)cc1C(=O)NN. The molecule has 140 valence electrons. The summed E-state index contributed by atoms with van der Waals surface area (Å²) >= 11 is 1.66. The summed E-state index contributed by atoms with van der Waals surface area (Å²) < 4.78 is 10.3. The summed E-state index contributed by atoms with van der Waals surface area (Å²) in [5.41, 5.74) is 7.76. The van der Waals surface area contributed by atoms with Crippen LogP contribution in [-0.2, 0) is 0 Å². The molecule has 0 bridgehead atoms. The van der Waals surface area contributed by atoms with Crippen molar-refractivity contribution in [2.24, 2.45) is 11.6 Å². The molecule has 1 amide bonds. The van der Waals surface area contributed by atoms with Crippen molar-refractivity contribution in [1.29, 1.82) is 0 Å². The monoisotopic (exact) mass is 371 g/mol. The number of amides is 1. The number of hydrogen-bond acceptors (Lipinski definition) is 8. The number of Topliss-reactive ketones (excluding diaryl/α,β-unsaturated/α-hetero) is 1. The van der Waals surface area contributed by atoms with Gasteiger partial charge in [-0.25, -0.2) is 5.84 Å². The number of ketones is 1. The number of carbonyl (C=O) groups excluding carboxylic acids is 2. The Hall–Kier alpha value is -1.81. The summed E-state index contributed by atoms with van der Waals surface area (Å²) in [6, 6.07) is 2.04. The molecule has 0 heterocycles. The number of thioether (sulfide) groups is 1. The minimum atomic E-state index is -1.47. The lowest BCUT2D eigenvalue weighted by atomic mass is 9.94. The molecule has 1 aromatic rings.